The summed E-state index contributed by atoms with van der Waals surface area (Å²) in [5, 5.41) is 2.41. The molecule has 1 rings (SSSR count). The standard InChI is InChI=1S/C13H16N2O3/c1-15(2)12(16)11(14-13(17)18-3)9-10-7-5-4-6-8-10/h4-9H,1-3H3,(H,14,17)/b11-9+. The fourth-order valence-corrected chi connectivity index (χ4v) is 1.27. The quantitative estimate of drug-likeness (QED) is 0.824. The Labute approximate surface area is 106 Å². The number of methoxy groups -OCH3 is 1. The summed E-state index contributed by atoms with van der Waals surface area (Å²) in [6.45, 7) is 0. The van der Waals surface area contributed by atoms with E-state index in [1.165, 1.54) is 12.0 Å². The van der Waals surface area contributed by atoms with E-state index < -0.39 is 6.09 Å². The van der Waals surface area contributed by atoms with Gasteiger partial charge in [-0.1, -0.05) is 30.3 Å². The summed E-state index contributed by atoms with van der Waals surface area (Å²) in [6.07, 6.45) is 0.923. The van der Waals surface area contributed by atoms with E-state index in [0.717, 1.165) is 5.56 Å². The van der Waals surface area contributed by atoms with E-state index >= 15 is 0 Å². The number of likely N-dealkylation sites (N-methyl/N-ethyl adjacent to an activating group) is 1. The molecule has 0 unspecified atom stereocenters. The summed E-state index contributed by atoms with van der Waals surface area (Å²) in [5.41, 5.74) is 0.983. The average molecular weight is 248 g/mol. The number of rotatable bonds is 3. The SMILES string of the molecule is COC(=O)N/C(=C/c1ccccc1)C(=O)N(C)C. The van der Waals surface area contributed by atoms with Crippen LogP contribution in [0.1, 0.15) is 5.56 Å². The van der Waals surface area contributed by atoms with Gasteiger partial charge in [0.2, 0.25) is 0 Å². The minimum atomic E-state index is -0.674. The normalized spacial score (nSPS) is 10.7. The largest absolute Gasteiger partial charge is 0.453 e. The summed E-state index contributed by atoms with van der Waals surface area (Å²) in [6, 6.07) is 9.24. The number of hydrogen-bond acceptors (Lipinski definition) is 3. The fourth-order valence-electron chi connectivity index (χ4n) is 1.27. The molecule has 0 aliphatic heterocycles. The number of carbonyl (C=O) groups excluding carboxylic acids is 2. The molecule has 2 amide bonds. The first kappa shape index (κ1) is 13.8. The van der Waals surface area contributed by atoms with Crippen LogP contribution in [0.25, 0.3) is 6.08 Å². The first-order chi connectivity index (χ1) is 8.54. The first-order valence-electron chi connectivity index (χ1n) is 5.38. The molecule has 96 valence electrons. The minimum Gasteiger partial charge on any atom is -0.453 e. The lowest BCUT2D eigenvalue weighted by molar-refractivity contribution is -0.125. The molecular formula is C13H16N2O3. The molecule has 1 aromatic carbocycles. The highest BCUT2D eigenvalue weighted by atomic mass is 16.5. The predicted octanol–water partition coefficient (Wildman–Crippen LogP) is 1.47. The second-order valence-corrected chi connectivity index (χ2v) is 3.78. The van der Waals surface area contributed by atoms with E-state index in [9.17, 15) is 9.59 Å². The van der Waals surface area contributed by atoms with Gasteiger partial charge in [-0.25, -0.2) is 4.79 Å². The van der Waals surface area contributed by atoms with Gasteiger partial charge in [-0.05, 0) is 11.6 Å². The lowest BCUT2D eigenvalue weighted by Gasteiger charge is -2.14. The molecule has 1 aromatic rings. The molecule has 0 radical (unpaired) electrons. The van der Waals surface area contributed by atoms with Gasteiger partial charge in [-0.15, -0.1) is 0 Å². The van der Waals surface area contributed by atoms with Gasteiger partial charge in [-0.2, -0.15) is 0 Å². The van der Waals surface area contributed by atoms with Crippen molar-refractivity contribution in [2.75, 3.05) is 21.2 Å². The Balaban J connectivity index is 3.00. The number of benzene rings is 1. The molecule has 0 bridgehead atoms. The van der Waals surface area contributed by atoms with Gasteiger partial charge in [0, 0.05) is 14.1 Å². The number of hydrogen-bond donors (Lipinski definition) is 1. The van der Waals surface area contributed by atoms with Crippen molar-refractivity contribution in [1.82, 2.24) is 10.2 Å². The molecule has 0 fully saturated rings. The van der Waals surface area contributed by atoms with E-state index in [-0.39, 0.29) is 11.6 Å². The van der Waals surface area contributed by atoms with Crippen LogP contribution >= 0.6 is 0 Å². The van der Waals surface area contributed by atoms with Crippen molar-refractivity contribution >= 4 is 18.1 Å². The summed E-state index contributed by atoms with van der Waals surface area (Å²) in [5.74, 6) is -0.302. The zero-order valence-corrected chi connectivity index (χ0v) is 10.6. The van der Waals surface area contributed by atoms with Crippen molar-refractivity contribution in [2.24, 2.45) is 0 Å². The highest BCUT2D eigenvalue weighted by molar-refractivity contribution is 6.00. The highest BCUT2D eigenvalue weighted by Crippen LogP contribution is 2.06. The maximum atomic E-state index is 11.9. The molecule has 1 N–H and O–H groups in total. The van der Waals surface area contributed by atoms with Gasteiger partial charge in [0.15, 0.2) is 0 Å². The van der Waals surface area contributed by atoms with Gasteiger partial charge in [0.05, 0.1) is 7.11 Å². The third-order valence-electron chi connectivity index (χ3n) is 2.17. The highest BCUT2D eigenvalue weighted by Gasteiger charge is 2.14. The van der Waals surface area contributed by atoms with Crippen molar-refractivity contribution in [3.8, 4) is 0 Å². The number of carbonyl (C=O) groups is 2. The van der Waals surface area contributed by atoms with E-state index in [1.807, 2.05) is 30.3 Å². The zero-order chi connectivity index (χ0) is 13.5. The lowest BCUT2D eigenvalue weighted by atomic mass is 10.2. The number of alkyl carbamates (subject to hydrolysis) is 1. The van der Waals surface area contributed by atoms with Crippen LogP contribution in [0.3, 0.4) is 0 Å². The molecule has 0 saturated carbocycles. The summed E-state index contributed by atoms with van der Waals surface area (Å²) >= 11 is 0. The molecule has 0 atom stereocenters. The van der Waals surface area contributed by atoms with Crippen molar-refractivity contribution in [3.05, 3.63) is 41.6 Å². The molecular weight excluding hydrogens is 232 g/mol. The average Bonchev–Trinajstić information content (AvgIpc) is 2.38. The Bertz CT molecular complexity index is 453. The van der Waals surface area contributed by atoms with Gasteiger partial charge in [0.1, 0.15) is 5.70 Å². The van der Waals surface area contributed by atoms with Crippen LogP contribution in [0.15, 0.2) is 36.0 Å². The van der Waals surface area contributed by atoms with E-state index in [4.69, 9.17) is 0 Å². The molecule has 0 heterocycles. The van der Waals surface area contributed by atoms with Crippen molar-refractivity contribution in [3.63, 3.8) is 0 Å². The van der Waals surface area contributed by atoms with Crippen LogP contribution in [-0.4, -0.2) is 38.1 Å². The fraction of sp³-hybridized carbons (Fsp3) is 0.231. The maximum Gasteiger partial charge on any atom is 0.411 e. The van der Waals surface area contributed by atoms with Gasteiger partial charge in [0.25, 0.3) is 5.91 Å². The van der Waals surface area contributed by atoms with Crippen molar-refractivity contribution in [1.29, 1.82) is 0 Å². The van der Waals surface area contributed by atoms with Crippen LogP contribution in [0.4, 0.5) is 4.79 Å². The van der Waals surface area contributed by atoms with Gasteiger partial charge >= 0.3 is 6.09 Å². The van der Waals surface area contributed by atoms with Gasteiger partial charge in [-0.3, -0.25) is 10.1 Å². The van der Waals surface area contributed by atoms with E-state index in [0.29, 0.717) is 0 Å². The monoisotopic (exact) mass is 248 g/mol. The van der Waals surface area contributed by atoms with Gasteiger partial charge < -0.3 is 9.64 Å². The second-order valence-electron chi connectivity index (χ2n) is 3.78. The molecule has 0 aromatic heterocycles. The summed E-state index contributed by atoms with van der Waals surface area (Å²) < 4.78 is 4.49. The Hall–Kier alpha value is -2.30. The van der Waals surface area contributed by atoms with Crippen LogP contribution in [-0.2, 0) is 9.53 Å². The molecule has 0 aliphatic rings. The minimum absolute atomic E-state index is 0.165. The topological polar surface area (TPSA) is 58.6 Å². The molecule has 18 heavy (non-hydrogen) atoms. The summed E-state index contributed by atoms with van der Waals surface area (Å²) in [4.78, 5) is 24.5. The van der Waals surface area contributed by atoms with Crippen LogP contribution in [0, 0.1) is 0 Å². The molecule has 0 saturated heterocycles. The Morgan fingerprint density at radius 3 is 2.33 bits per heavy atom. The smallest absolute Gasteiger partial charge is 0.411 e. The Morgan fingerprint density at radius 2 is 1.83 bits per heavy atom. The third kappa shape index (κ3) is 3.93. The van der Waals surface area contributed by atoms with Crippen LogP contribution in [0.2, 0.25) is 0 Å². The predicted molar refractivity (Wildman–Crippen MR) is 68.7 cm³/mol. The number of ether oxygens (including phenoxy) is 1. The van der Waals surface area contributed by atoms with Crippen molar-refractivity contribution < 1.29 is 14.3 Å². The van der Waals surface area contributed by atoms with E-state index in [2.05, 4.69) is 10.1 Å². The number of nitrogens with one attached hydrogen (secondary N) is 1. The third-order valence-corrected chi connectivity index (χ3v) is 2.17. The summed E-state index contributed by atoms with van der Waals surface area (Å²) in [7, 11) is 4.47. The van der Waals surface area contributed by atoms with Crippen molar-refractivity contribution in [2.45, 2.75) is 0 Å². The molecule has 0 aliphatic carbocycles. The molecule has 5 nitrogen and oxygen atoms in total. The number of nitrogens with zero attached hydrogens (tertiary/aromatic N) is 1. The van der Waals surface area contributed by atoms with E-state index in [1.54, 1.807) is 20.2 Å². The lowest BCUT2D eigenvalue weighted by Crippen LogP contribution is -2.34. The molecule has 5 heteroatoms. The van der Waals surface area contributed by atoms with Crippen LogP contribution in [0.5, 0.6) is 0 Å². The maximum absolute atomic E-state index is 11.9. The number of amides is 2. The Morgan fingerprint density at radius 1 is 1.22 bits per heavy atom. The zero-order valence-electron chi connectivity index (χ0n) is 10.6. The second kappa shape index (κ2) is 6.44. The molecule has 0 spiro atoms. The first-order valence-corrected chi connectivity index (χ1v) is 5.38. The Kier molecular flexibility index (Phi) is 4.92. The van der Waals surface area contributed by atoms with Crippen LogP contribution < -0.4 is 5.32 Å².